The second kappa shape index (κ2) is 17.1. The molecule has 2 nitrogen and oxygen atoms in total. The lowest BCUT2D eigenvalue weighted by atomic mass is 10.0. The molecule has 0 bridgehead atoms. The second-order valence-electron chi connectivity index (χ2n) is 9.85. The number of carbonyl (C=O) groups excluding carboxylic acids is 1. The Kier molecular flexibility index (Phi) is 13.1. The smallest absolute Gasteiger partial charge is 0.185 e. The van der Waals surface area contributed by atoms with Crippen molar-refractivity contribution >= 4 is 17.9 Å². The van der Waals surface area contributed by atoms with Crippen molar-refractivity contribution in [1.82, 2.24) is 0 Å². The van der Waals surface area contributed by atoms with Gasteiger partial charge in [-0.3, -0.25) is 4.79 Å². The quantitative estimate of drug-likeness (QED) is 0.0963. The van der Waals surface area contributed by atoms with Crippen molar-refractivity contribution < 1.29 is 13.9 Å². The van der Waals surface area contributed by atoms with Gasteiger partial charge in [0.05, 0.1) is 6.61 Å². The van der Waals surface area contributed by atoms with Crippen molar-refractivity contribution in [2.24, 2.45) is 0 Å². The zero-order valence-corrected chi connectivity index (χ0v) is 22.5. The summed E-state index contributed by atoms with van der Waals surface area (Å²) in [5.74, 6) is 0.486. The summed E-state index contributed by atoms with van der Waals surface area (Å²) in [7, 11) is 0. The number of unbranched alkanes of at least 4 members (excludes halogenated alkanes) is 9. The minimum atomic E-state index is -0.336. The van der Waals surface area contributed by atoms with Crippen LogP contribution in [0.15, 0.2) is 85.5 Å². The van der Waals surface area contributed by atoms with Crippen molar-refractivity contribution in [1.29, 1.82) is 0 Å². The van der Waals surface area contributed by atoms with Crippen LogP contribution < -0.4 is 4.74 Å². The molecule has 0 aliphatic carbocycles. The van der Waals surface area contributed by atoms with Crippen molar-refractivity contribution in [3.05, 3.63) is 114 Å². The van der Waals surface area contributed by atoms with E-state index in [9.17, 15) is 9.18 Å². The predicted molar refractivity (Wildman–Crippen MR) is 158 cm³/mol. The molecular weight excluding hydrogens is 471 g/mol. The number of benzene rings is 3. The predicted octanol–water partition coefficient (Wildman–Crippen LogP) is 9.89. The van der Waals surface area contributed by atoms with E-state index in [0.29, 0.717) is 5.56 Å². The van der Waals surface area contributed by atoms with Gasteiger partial charge in [-0.15, -0.1) is 0 Å². The Bertz CT molecular complexity index is 1110. The zero-order chi connectivity index (χ0) is 26.8. The molecule has 3 aromatic carbocycles. The number of allylic oxidation sites excluding steroid dienone is 1. The molecule has 0 spiro atoms. The monoisotopic (exact) mass is 512 g/mol. The van der Waals surface area contributed by atoms with Crippen LogP contribution in [0.5, 0.6) is 5.75 Å². The van der Waals surface area contributed by atoms with Gasteiger partial charge in [-0.2, -0.15) is 0 Å². The number of ketones is 1. The molecule has 0 amide bonds. The molecule has 0 radical (unpaired) electrons. The first-order valence-electron chi connectivity index (χ1n) is 14.1. The summed E-state index contributed by atoms with van der Waals surface area (Å²) in [4.78, 5) is 12.2. The molecule has 0 aliphatic heterocycles. The SMILES string of the molecule is C=Cc1ccc(OCCCCCCCCCCCCc2ccc(/C=C/C(=O)c3ccc(F)cc3)cc2)cc1. The van der Waals surface area contributed by atoms with Gasteiger partial charge in [0.1, 0.15) is 11.6 Å². The van der Waals surface area contributed by atoms with Crippen molar-refractivity contribution in [3.63, 3.8) is 0 Å². The summed E-state index contributed by atoms with van der Waals surface area (Å²) in [5, 5.41) is 0. The summed E-state index contributed by atoms with van der Waals surface area (Å²) < 4.78 is 18.8. The third kappa shape index (κ3) is 11.3. The molecule has 0 aliphatic rings. The van der Waals surface area contributed by atoms with E-state index >= 15 is 0 Å². The molecule has 0 aromatic heterocycles. The maximum absolute atomic E-state index is 13.0. The van der Waals surface area contributed by atoms with E-state index in [0.717, 1.165) is 36.3 Å². The first-order valence-corrected chi connectivity index (χ1v) is 14.1. The minimum absolute atomic E-state index is 0.120. The average Bonchev–Trinajstić information content (AvgIpc) is 2.95. The number of hydrogen-bond acceptors (Lipinski definition) is 2. The number of rotatable bonds is 18. The lowest BCUT2D eigenvalue weighted by Crippen LogP contribution is -1.97. The Morgan fingerprint density at radius 3 is 1.84 bits per heavy atom. The summed E-state index contributed by atoms with van der Waals surface area (Å²) in [6.45, 7) is 4.57. The van der Waals surface area contributed by atoms with Crippen LogP contribution in [0.25, 0.3) is 12.2 Å². The normalized spacial score (nSPS) is 11.1. The van der Waals surface area contributed by atoms with Crippen molar-refractivity contribution in [3.8, 4) is 5.75 Å². The highest BCUT2D eigenvalue weighted by atomic mass is 19.1. The lowest BCUT2D eigenvalue weighted by Gasteiger charge is -2.06. The van der Waals surface area contributed by atoms with Gasteiger partial charge in [0.25, 0.3) is 0 Å². The highest BCUT2D eigenvalue weighted by Crippen LogP contribution is 2.16. The molecule has 0 heterocycles. The summed E-state index contributed by atoms with van der Waals surface area (Å²) in [6.07, 6.45) is 19.1. The van der Waals surface area contributed by atoms with Crippen LogP contribution in [0.1, 0.15) is 91.3 Å². The largest absolute Gasteiger partial charge is 0.494 e. The van der Waals surface area contributed by atoms with E-state index in [1.807, 2.05) is 36.4 Å². The van der Waals surface area contributed by atoms with Gasteiger partial charge in [-0.05, 0) is 78.4 Å². The second-order valence-corrected chi connectivity index (χ2v) is 9.85. The van der Waals surface area contributed by atoms with E-state index < -0.39 is 0 Å². The van der Waals surface area contributed by atoms with Crippen LogP contribution in [0.2, 0.25) is 0 Å². The van der Waals surface area contributed by atoms with Gasteiger partial charge in [-0.1, -0.05) is 106 Å². The Labute approximate surface area is 228 Å². The molecule has 3 aromatic rings. The van der Waals surface area contributed by atoms with E-state index in [4.69, 9.17) is 4.74 Å². The third-order valence-electron chi connectivity index (χ3n) is 6.78. The van der Waals surface area contributed by atoms with Crippen LogP contribution in [0, 0.1) is 5.82 Å². The number of ether oxygens (including phenoxy) is 1. The van der Waals surface area contributed by atoms with Crippen molar-refractivity contribution in [2.75, 3.05) is 6.61 Å². The van der Waals surface area contributed by atoms with Gasteiger partial charge >= 0.3 is 0 Å². The Morgan fingerprint density at radius 1 is 0.684 bits per heavy atom. The van der Waals surface area contributed by atoms with Crippen molar-refractivity contribution in [2.45, 2.75) is 70.6 Å². The fourth-order valence-electron chi connectivity index (χ4n) is 4.41. The first-order chi connectivity index (χ1) is 18.6. The fourth-order valence-corrected chi connectivity index (χ4v) is 4.41. The molecule has 0 atom stereocenters. The summed E-state index contributed by atoms with van der Waals surface area (Å²) >= 11 is 0. The molecule has 0 fully saturated rings. The molecule has 0 saturated carbocycles. The summed E-state index contributed by atoms with van der Waals surface area (Å²) in [6, 6.07) is 22.1. The first kappa shape index (κ1) is 29.1. The van der Waals surface area contributed by atoms with Crippen LogP contribution in [-0.4, -0.2) is 12.4 Å². The molecule has 0 saturated heterocycles. The third-order valence-corrected chi connectivity index (χ3v) is 6.78. The fraction of sp³-hybridized carbons (Fsp3) is 0.343. The van der Waals surface area contributed by atoms with Gasteiger partial charge < -0.3 is 4.74 Å². The van der Waals surface area contributed by atoms with Gasteiger partial charge in [0.2, 0.25) is 0 Å². The lowest BCUT2D eigenvalue weighted by molar-refractivity contribution is 0.104. The molecule has 3 rings (SSSR count). The average molecular weight is 513 g/mol. The number of hydrogen-bond donors (Lipinski definition) is 0. The molecule has 0 N–H and O–H groups in total. The Morgan fingerprint density at radius 2 is 1.24 bits per heavy atom. The van der Waals surface area contributed by atoms with E-state index in [-0.39, 0.29) is 11.6 Å². The van der Waals surface area contributed by atoms with Crippen LogP contribution in [-0.2, 0) is 6.42 Å². The zero-order valence-electron chi connectivity index (χ0n) is 22.5. The van der Waals surface area contributed by atoms with Gasteiger partial charge in [-0.25, -0.2) is 4.39 Å². The molecule has 38 heavy (non-hydrogen) atoms. The maximum atomic E-state index is 13.0. The Hall–Kier alpha value is -3.46. The number of aryl methyl sites for hydroxylation is 1. The highest BCUT2D eigenvalue weighted by molar-refractivity contribution is 6.06. The molecule has 200 valence electrons. The summed E-state index contributed by atoms with van der Waals surface area (Å²) in [5.41, 5.74) is 3.94. The topological polar surface area (TPSA) is 26.3 Å². The van der Waals surface area contributed by atoms with E-state index in [1.54, 1.807) is 6.08 Å². The number of halogens is 1. The van der Waals surface area contributed by atoms with Gasteiger partial charge in [0.15, 0.2) is 5.78 Å². The van der Waals surface area contributed by atoms with Crippen LogP contribution in [0.4, 0.5) is 4.39 Å². The Balaban J connectivity index is 1.15. The highest BCUT2D eigenvalue weighted by Gasteiger charge is 2.02. The van der Waals surface area contributed by atoms with Crippen LogP contribution in [0.3, 0.4) is 0 Å². The van der Waals surface area contributed by atoms with E-state index in [1.165, 1.54) is 87.6 Å². The van der Waals surface area contributed by atoms with Crippen LogP contribution >= 0.6 is 0 Å². The number of carbonyl (C=O) groups is 1. The standard InChI is InChI=1S/C35H41FO2/c1-2-29-18-25-34(26-19-29)38-28-12-10-8-6-4-3-5-7-9-11-13-30-14-16-31(17-15-30)20-27-35(37)32-21-23-33(36)24-22-32/h2,14-27H,1,3-13,28H2/b27-20+. The minimum Gasteiger partial charge on any atom is -0.494 e. The molecular formula is C35H41FO2. The maximum Gasteiger partial charge on any atom is 0.185 e. The molecule has 0 unspecified atom stereocenters. The van der Waals surface area contributed by atoms with Gasteiger partial charge in [0, 0.05) is 5.56 Å². The van der Waals surface area contributed by atoms with E-state index in [2.05, 4.69) is 30.8 Å². The molecule has 3 heteroatoms.